The molecule has 20 heavy (non-hydrogen) atoms. The van der Waals surface area contributed by atoms with Gasteiger partial charge in [-0.1, -0.05) is 12.5 Å². The number of hydrogen-bond acceptors (Lipinski definition) is 5. The van der Waals surface area contributed by atoms with E-state index in [1.807, 2.05) is 17.5 Å². The van der Waals surface area contributed by atoms with E-state index in [0.29, 0.717) is 6.54 Å². The number of carbonyl (C=O) groups excluding carboxylic acids is 2. The monoisotopic (exact) mass is 296 g/mol. The van der Waals surface area contributed by atoms with Crippen molar-refractivity contribution in [1.82, 2.24) is 5.32 Å². The molecule has 0 saturated heterocycles. The van der Waals surface area contributed by atoms with Gasteiger partial charge in [-0.15, -0.1) is 11.3 Å². The fraction of sp³-hybridized carbons (Fsp3) is 0.571. The fourth-order valence-electron chi connectivity index (χ4n) is 2.73. The van der Waals surface area contributed by atoms with Gasteiger partial charge in [0.1, 0.15) is 0 Å². The molecule has 1 unspecified atom stereocenters. The Hall–Kier alpha value is -1.40. The lowest BCUT2D eigenvalue weighted by Gasteiger charge is -2.21. The van der Waals surface area contributed by atoms with Crippen molar-refractivity contribution in [3.05, 3.63) is 22.4 Å². The summed E-state index contributed by atoms with van der Waals surface area (Å²) >= 11 is 1.43. The predicted molar refractivity (Wildman–Crippen MR) is 77.1 cm³/mol. The largest absolute Gasteiger partial charge is 0.467 e. The zero-order valence-corrected chi connectivity index (χ0v) is 12.3. The van der Waals surface area contributed by atoms with E-state index in [4.69, 9.17) is 10.5 Å². The number of ether oxygens (including phenoxy) is 1. The number of thiophene rings is 1. The molecule has 1 aromatic heterocycles. The van der Waals surface area contributed by atoms with Gasteiger partial charge in [-0.25, -0.2) is 4.79 Å². The van der Waals surface area contributed by atoms with Gasteiger partial charge in [0.2, 0.25) is 5.91 Å². The van der Waals surface area contributed by atoms with Crippen LogP contribution >= 0.6 is 11.3 Å². The number of nitrogens with one attached hydrogen (secondary N) is 1. The van der Waals surface area contributed by atoms with Crippen molar-refractivity contribution < 1.29 is 14.3 Å². The minimum atomic E-state index is -0.716. The molecule has 1 saturated carbocycles. The van der Waals surface area contributed by atoms with Gasteiger partial charge < -0.3 is 15.8 Å². The Labute approximate surface area is 122 Å². The minimum Gasteiger partial charge on any atom is -0.467 e. The van der Waals surface area contributed by atoms with Crippen molar-refractivity contribution >= 4 is 23.2 Å². The van der Waals surface area contributed by atoms with E-state index in [-0.39, 0.29) is 17.7 Å². The van der Waals surface area contributed by atoms with Crippen LogP contribution in [0.1, 0.15) is 30.2 Å². The Balaban J connectivity index is 2.08. The maximum Gasteiger partial charge on any atom is 0.333 e. The van der Waals surface area contributed by atoms with Crippen molar-refractivity contribution in [3.63, 3.8) is 0 Å². The van der Waals surface area contributed by atoms with E-state index < -0.39 is 12.0 Å². The summed E-state index contributed by atoms with van der Waals surface area (Å²) < 4.78 is 4.78. The Morgan fingerprint density at radius 1 is 1.55 bits per heavy atom. The van der Waals surface area contributed by atoms with Gasteiger partial charge >= 0.3 is 5.97 Å². The molecule has 1 heterocycles. The summed E-state index contributed by atoms with van der Waals surface area (Å²) in [6.45, 7) is 0.514. The van der Waals surface area contributed by atoms with E-state index in [1.165, 1.54) is 18.4 Å². The van der Waals surface area contributed by atoms with Crippen molar-refractivity contribution in [2.24, 2.45) is 17.6 Å². The maximum absolute atomic E-state index is 12.4. The molecule has 1 aliphatic rings. The first kappa shape index (κ1) is 15.0. The lowest BCUT2D eigenvalue weighted by atomic mass is 9.95. The molecule has 1 aromatic rings. The molecular weight excluding hydrogens is 276 g/mol. The summed E-state index contributed by atoms with van der Waals surface area (Å²) in [4.78, 5) is 25.0. The summed E-state index contributed by atoms with van der Waals surface area (Å²) in [7, 11) is 1.33. The highest BCUT2D eigenvalue weighted by molar-refractivity contribution is 7.10. The molecule has 1 amide bonds. The maximum atomic E-state index is 12.4. The van der Waals surface area contributed by atoms with Crippen molar-refractivity contribution in [2.45, 2.75) is 25.3 Å². The molecule has 110 valence electrons. The summed E-state index contributed by atoms with van der Waals surface area (Å²) in [5.41, 5.74) is 5.70. The van der Waals surface area contributed by atoms with Crippen LogP contribution in [0.25, 0.3) is 0 Å². The molecule has 0 aliphatic heterocycles. The van der Waals surface area contributed by atoms with Gasteiger partial charge in [-0.2, -0.15) is 0 Å². The number of hydrogen-bond donors (Lipinski definition) is 2. The first-order chi connectivity index (χ1) is 9.67. The summed E-state index contributed by atoms with van der Waals surface area (Å²) in [5.74, 6) is -0.409. The average molecular weight is 296 g/mol. The van der Waals surface area contributed by atoms with Crippen molar-refractivity contribution in [3.8, 4) is 0 Å². The third kappa shape index (κ3) is 3.19. The number of amides is 1. The third-order valence-electron chi connectivity index (χ3n) is 3.85. The molecule has 0 radical (unpaired) electrons. The molecule has 2 rings (SSSR count). The van der Waals surface area contributed by atoms with Crippen LogP contribution in [0.5, 0.6) is 0 Å². The first-order valence-corrected chi connectivity index (χ1v) is 7.67. The Kier molecular flexibility index (Phi) is 5.14. The Morgan fingerprint density at radius 3 is 2.95 bits per heavy atom. The van der Waals surface area contributed by atoms with Crippen molar-refractivity contribution in [2.75, 3.05) is 13.7 Å². The SMILES string of the molecule is COC(=O)C(NC(=O)[C@@H]1CCC[C@@H]1CN)c1cccs1. The molecule has 0 spiro atoms. The molecule has 3 N–H and O–H groups in total. The highest BCUT2D eigenvalue weighted by Crippen LogP contribution is 2.32. The Morgan fingerprint density at radius 2 is 2.35 bits per heavy atom. The number of rotatable bonds is 5. The van der Waals surface area contributed by atoms with E-state index >= 15 is 0 Å². The van der Waals surface area contributed by atoms with Crippen LogP contribution in [0.4, 0.5) is 0 Å². The minimum absolute atomic E-state index is 0.0906. The van der Waals surface area contributed by atoms with Crippen LogP contribution in [0.3, 0.4) is 0 Å². The standard InChI is InChI=1S/C14H20N2O3S/c1-19-14(18)12(11-6-3-7-20-11)16-13(17)10-5-2-4-9(10)8-15/h3,6-7,9-10,12H,2,4-5,8,15H2,1H3,(H,16,17)/t9-,10-,12?/m1/s1. The van der Waals surface area contributed by atoms with Crippen LogP contribution in [0.2, 0.25) is 0 Å². The molecule has 1 fully saturated rings. The number of methoxy groups -OCH3 is 1. The van der Waals surface area contributed by atoms with Gasteiger partial charge in [0.05, 0.1) is 7.11 Å². The second-order valence-corrected chi connectivity index (χ2v) is 5.99. The highest BCUT2D eigenvalue weighted by Gasteiger charge is 2.34. The zero-order valence-electron chi connectivity index (χ0n) is 11.5. The second kappa shape index (κ2) is 6.85. The second-order valence-electron chi connectivity index (χ2n) is 5.01. The van der Waals surface area contributed by atoms with E-state index in [2.05, 4.69) is 5.32 Å². The van der Waals surface area contributed by atoms with Crippen LogP contribution < -0.4 is 11.1 Å². The lowest BCUT2D eigenvalue weighted by molar-refractivity contribution is -0.145. The quantitative estimate of drug-likeness (QED) is 0.806. The normalized spacial score (nSPS) is 23.3. The average Bonchev–Trinajstić information content (AvgIpc) is 3.13. The summed E-state index contributed by atoms with van der Waals surface area (Å²) in [6.07, 6.45) is 2.84. The number of carbonyl (C=O) groups is 2. The first-order valence-electron chi connectivity index (χ1n) is 6.79. The molecule has 3 atom stereocenters. The molecule has 0 bridgehead atoms. The summed E-state index contributed by atoms with van der Waals surface area (Å²) in [5, 5.41) is 4.69. The van der Waals surface area contributed by atoms with Crippen LogP contribution in [-0.4, -0.2) is 25.5 Å². The molecular formula is C14H20N2O3S. The van der Waals surface area contributed by atoms with Crippen LogP contribution in [0, 0.1) is 11.8 Å². The molecule has 5 nitrogen and oxygen atoms in total. The predicted octanol–water partition coefficient (Wildman–Crippen LogP) is 1.45. The van der Waals surface area contributed by atoms with Gasteiger partial charge in [0.15, 0.2) is 6.04 Å². The summed E-state index contributed by atoms with van der Waals surface area (Å²) in [6, 6.07) is 2.95. The smallest absolute Gasteiger partial charge is 0.333 e. The molecule has 1 aliphatic carbocycles. The fourth-order valence-corrected chi connectivity index (χ4v) is 3.50. The van der Waals surface area contributed by atoms with E-state index in [9.17, 15) is 9.59 Å². The van der Waals surface area contributed by atoms with Gasteiger partial charge in [-0.3, -0.25) is 4.79 Å². The molecule has 6 heteroatoms. The lowest BCUT2D eigenvalue weighted by Crippen LogP contribution is -2.40. The van der Waals surface area contributed by atoms with Gasteiger partial charge in [0, 0.05) is 10.8 Å². The Bertz CT molecular complexity index is 461. The number of nitrogens with two attached hydrogens (primary N) is 1. The van der Waals surface area contributed by atoms with Crippen molar-refractivity contribution in [1.29, 1.82) is 0 Å². The van der Waals surface area contributed by atoms with E-state index in [0.717, 1.165) is 24.1 Å². The number of esters is 1. The van der Waals surface area contributed by atoms with Gasteiger partial charge in [-0.05, 0) is 36.8 Å². The zero-order chi connectivity index (χ0) is 14.5. The van der Waals surface area contributed by atoms with Gasteiger partial charge in [0.25, 0.3) is 0 Å². The van der Waals surface area contributed by atoms with E-state index in [1.54, 1.807) is 0 Å². The molecule has 0 aromatic carbocycles. The van der Waals surface area contributed by atoms with Crippen LogP contribution in [0.15, 0.2) is 17.5 Å². The highest BCUT2D eigenvalue weighted by atomic mass is 32.1. The third-order valence-corrected chi connectivity index (χ3v) is 4.79. The van der Waals surface area contributed by atoms with Crippen LogP contribution in [-0.2, 0) is 14.3 Å². The topological polar surface area (TPSA) is 81.4 Å².